The van der Waals surface area contributed by atoms with Crippen LogP contribution in [0.15, 0.2) is 18.6 Å². The van der Waals surface area contributed by atoms with Gasteiger partial charge >= 0.3 is 12.1 Å². The Labute approximate surface area is 215 Å². The maximum atomic E-state index is 14.2. The summed E-state index contributed by atoms with van der Waals surface area (Å²) in [6.45, 7) is 2.96. The second kappa shape index (κ2) is 11.2. The summed E-state index contributed by atoms with van der Waals surface area (Å²) in [7, 11) is 0. The minimum atomic E-state index is -4.91. The van der Waals surface area contributed by atoms with Gasteiger partial charge in [0.25, 0.3) is 5.91 Å². The number of carbonyl (C=O) groups excluding carboxylic acids is 2. The van der Waals surface area contributed by atoms with Crippen LogP contribution in [0, 0.1) is 11.8 Å². The minimum Gasteiger partial charge on any atom is -0.481 e. The van der Waals surface area contributed by atoms with Crippen LogP contribution in [-0.2, 0) is 11.0 Å². The fourth-order valence-electron chi connectivity index (χ4n) is 4.41. The van der Waals surface area contributed by atoms with Gasteiger partial charge in [0.15, 0.2) is 11.5 Å². The van der Waals surface area contributed by atoms with Gasteiger partial charge in [-0.15, -0.1) is 0 Å². The number of carbonyl (C=O) groups is 3. The molecule has 0 aromatic carbocycles. The van der Waals surface area contributed by atoms with Gasteiger partial charge in [-0.05, 0) is 31.6 Å². The molecule has 1 aliphatic rings. The molecular formula is C23H25Cl2F3N4O4. The molecule has 2 aromatic rings. The normalized spacial score (nSPS) is 18.3. The van der Waals surface area contributed by atoms with Crippen LogP contribution in [0.3, 0.4) is 0 Å². The van der Waals surface area contributed by atoms with E-state index in [0.29, 0.717) is 0 Å². The number of halogens is 5. The number of amides is 1. The zero-order valence-electron chi connectivity index (χ0n) is 19.6. The molecule has 2 aromatic heterocycles. The molecule has 0 spiro atoms. The van der Waals surface area contributed by atoms with Crippen LogP contribution in [0.5, 0.6) is 0 Å². The van der Waals surface area contributed by atoms with E-state index in [9.17, 15) is 32.7 Å². The summed E-state index contributed by atoms with van der Waals surface area (Å²) in [5.74, 6) is -3.41. The van der Waals surface area contributed by atoms with E-state index in [4.69, 9.17) is 23.2 Å². The van der Waals surface area contributed by atoms with Crippen molar-refractivity contribution < 1.29 is 32.7 Å². The molecule has 1 amide bonds. The Kier molecular flexibility index (Phi) is 8.66. The minimum absolute atomic E-state index is 0.00288. The Morgan fingerprint density at radius 2 is 1.69 bits per heavy atom. The zero-order valence-corrected chi connectivity index (χ0v) is 21.1. The Balaban J connectivity index is 1.94. The second-order valence-electron chi connectivity index (χ2n) is 9.17. The number of carboxylic acids is 1. The fourth-order valence-corrected chi connectivity index (χ4v) is 4.98. The first kappa shape index (κ1) is 27.9. The Morgan fingerprint density at radius 3 is 2.19 bits per heavy atom. The van der Waals surface area contributed by atoms with E-state index in [1.54, 1.807) is 13.8 Å². The third-order valence-corrected chi connectivity index (χ3v) is 6.60. The highest BCUT2D eigenvalue weighted by Gasteiger charge is 2.43. The van der Waals surface area contributed by atoms with Crippen LogP contribution in [-0.4, -0.2) is 55.5 Å². The Bertz CT molecular complexity index is 1120. The van der Waals surface area contributed by atoms with E-state index in [1.165, 1.54) is 12.4 Å². The highest BCUT2D eigenvalue weighted by molar-refractivity contribution is 6.39. The van der Waals surface area contributed by atoms with Crippen molar-refractivity contribution in [2.45, 2.75) is 51.7 Å². The van der Waals surface area contributed by atoms with Crippen LogP contribution in [0.4, 0.5) is 13.2 Å². The first-order valence-electron chi connectivity index (χ1n) is 11.3. The van der Waals surface area contributed by atoms with E-state index >= 15 is 0 Å². The summed E-state index contributed by atoms with van der Waals surface area (Å²) in [4.78, 5) is 42.3. The van der Waals surface area contributed by atoms with Gasteiger partial charge in [-0.2, -0.15) is 18.3 Å². The average molecular weight is 549 g/mol. The van der Waals surface area contributed by atoms with Crippen molar-refractivity contribution >= 4 is 40.9 Å². The van der Waals surface area contributed by atoms with Gasteiger partial charge in [-0.3, -0.25) is 24.0 Å². The topological polar surface area (TPSA) is 105 Å². The average Bonchev–Trinajstić information content (AvgIpc) is 3.23. The zero-order chi connectivity index (χ0) is 26.8. The van der Waals surface area contributed by atoms with Gasteiger partial charge in [-0.1, -0.05) is 37.0 Å². The van der Waals surface area contributed by atoms with E-state index in [2.05, 4.69) is 10.1 Å². The lowest BCUT2D eigenvalue weighted by Crippen LogP contribution is -2.39. The summed E-state index contributed by atoms with van der Waals surface area (Å²) in [6, 6.07) is -0.701. The predicted molar refractivity (Wildman–Crippen MR) is 125 cm³/mol. The molecule has 196 valence electrons. The van der Waals surface area contributed by atoms with Crippen molar-refractivity contribution in [2.75, 3.05) is 13.1 Å². The Hall–Kier alpha value is -2.66. The van der Waals surface area contributed by atoms with Crippen molar-refractivity contribution in [3.63, 3.8) is 0 Å². The van der Waals surface area contributed by atoms with Gasteiger partial charge in [0.2, 0.25) is 0 Å². The highest BCUT2D eigenvalue weighted by Crippen LogP contribution is 2.39. The first-order chi connectivity index (χ1) is 16.8. The van der Waals surface area contributed by atoms with E-state index < -0.39 is 53.6 Å². The number of alkyl halides is 3. The molecule has 1 saturated carbocycles. The molecule has 2 heterocycles. The third-order valence-electron chi connectivity index (χ3n) is 6.03. The summed E-state index contributed by atoms with van der Waals surface area (Å²) < 4.78 is 43.3. The summed E-state index contributed by atoms with van der Waals surface area (Å²) in [6.07, 6.45) is -0.843. The molecule has 36 heavy (non-hydrogen) atoms. The number of pyridine rings is 1. The molecule has 13 heteroatoms. The molecule has 1 N–H and O–H groups in total. The number of aliphatic carboxylic acids is 1. The molecule has 0 radical (unpaired) electrons. The number of rotatable bonds is 8. The molecule has 0 unspecified atom stereocenters. The number of nitrogens with zero attached hydrogens (tertiary/aromatic N) is 4. The molecule has 1 fully saturated rings. The number of ketones is 1. The molecule has 3 rings (SSSR count). The molecule has 0 atom stereocenters. The lowest BCUT2D eigenvalue weighted by molar-refractivity contribution is -0.147. The molecule has 0 bridgehead atoms. The quantitative estimate of drug-likeness (QED) is 0.442. The van der Waals surface area contributed by atoms with Gasteiger partial charge in [-0.25, -0.2) is 0 Å². The third kappa shape index (κ3) is 6.18. The van der Waals surface area contributed by atoms with Crippen LogP contribution in [0.1, 0.15) is 72.0 Å². The van der Waals surface area contributed by atoms with Crippen molar-refractivity contribution in [1.29, 1.82) is 0 Å². The van der Waals surface area contributed by atoms with Gasteiger partial charge < -0.3 is 10.0 Å². The van der Waals surface area contributed by atoms with Crippen LogP contribution in [0.2, 0.25) is 10.0 Å². The lowest BCUT2D eigenvalue weighted by atomic mass is 9.86. The monoisotopic (exact) mass is 548 g/mol. The number of Topliss-reactive ketones (excluding diaryl/α,β-unsaturated/α-hetero) is 1. The maximum absolute atomic E-state index is 14.2. The van der Waals surface area contributed by atoms with Crippen molar-refractivity contribution in [3.8, 4) is 0 Å². The van der Waals surface area contributed by atoms with E-state index in [0.717, 1.165) is 15.8 Å². The van der Waals surface area contributed by atoms with Crippen molar-refractivity contribution in [2.24, 2.45) is 11.8 Å². The number of hydrogen-bond donors (Lipinski definition) is 1. The first-order valence-corrected chi connectivity index (χ1v) is 12.1. The molecule has 0 aliphatic heterocycles. The number of carboxylic acid groups (broad SMARTS) is 1. The predicted octanol–water partition coefficient (Wildman–Crippen LogP) is 5.40. The van der Waals surface area contributed by atoms with Crippen LogP contribution >= 0.6 is 23.2 Å². The number of hydrogen-bond acceptors (Lipinski definition) is 5. The van der Waals surface area contributed by atoms with Crippen LogP contribution in [0.25, 0.3) is 0 Å². The van der Waals surface area contributed by atoms with Crippen molar-refractivity contribution in [3.05, 3.63) is 45.5 Å². The van der Waals surface area contributed by atoms with Gasteiger partial charge in [0.1, 0.15) is 0 Å². The summed E-state index contributed by atoms with van der Waals surface area (Å²) in [5.41, 5.74) is -1.97. The molecule has 1 aliphatic carbocycles. The van der Waals surface area contributed by atoms with Gasteiger partial charge in [0, 0.05) is 18.9 Å². The smallest absolute Gasteiger partial charge is 0.433 e. The molecular weight excluding hydrogens is 524 g/mol. The maximum Gasteiger partial charge on any atom is 0.433 e. The molecule has 8 nitrogen and oxygen atoms in total. The lowest BCUT2D eigenvalue weighted by Gasteiger charge is -2.28. The standard InChI is InChI=1S/C23H25Cl2F3N4O4/c1-12(2)10-31(11-18(33)19-16(24)8-29-9-17(19)25)21(34)15-7-30-32(20(15)23(26,27)28)14-5-3-13(4-6-14)22(35)36/h7-9,12-14H,3-6,10-11H2,1-2H3,(H,35,36). The SMILES string of the molecule is CC(C)CN(CC(=O)c1c(Cl)cncc1Cl)C(=O)c1cnn(C2CCC(C(=O)O)CC2)c1C(F)(F)F. The highest BCUT2D eigenvalue weighted by atomic mass is 35.5. The molecule has 0 saturated heterocycles. The second-order valence-corrected chi connectivity index (χ2v) is 9.99. The number of aromatic nitrogens is 3. The Morgan fingerprint density at radius 1 is 1.11 bits per heavy atom. The van der Waals surface area contributed by atoms with Crippen LogP contribution < -0.4 is 0 Å². The fraction of sp³-hybridized carbons (Fsp3) is 0.522. The van der Waals surface area contributed by atoms with Gasteiger partial charge in [0.05, 0.1) is 45.9 Å². The largest absolute Gasteiger partial charge is 0.481 e. The summed E-state index contributed by atoms with van der Waals surface area (Å²) >= 11 is 12.1. The van der Waals surface area contributed by atoms with E-state index in [-0.39, 0.29) is 53.8 Å². The van der Waals surface area contributed by atoms with Crippen molar-refractivity contribution in [1.82, 2.24) is 19.7 Å². The van der Waals surface area contributed by atoms with E-state index in [1.807, 2.05) is 0 Å². The summed E-state index contributed by atoms with van der Waals surface area (Å²) in [5, 5.41) is 13.0.